The van der Waals surface area contributed by atoms with Crippen molar-refractivity contribution in [2.45, 2.75) is 25.0 Å². The van der Waals surface area contributed by atoms with Crippen LogP contribution in [0.3, 0.4) is 0 Å². The third-order valence-electron chi connectivity index (χ3n) is 6.73. The van der Waals surface area contributed by atoms with Crippen molar-refractivity contribution in [1.82, 2.24) is 10.2 Å². The van der Waals surface area contributed by atoms with Crippen LogP contribution in [-0.4, -0.2) is 35.5 Å². The number of nitrogens with zero attached hydrogens (tertiary/aromatic N) is 1. The molecule has 5 rings (SSSR count). The minimum absolute atomic E-state index is 0.0542. The summed E-state index contributed by atoms with van der Waals surface area (Å²) in [6.07, 6.45) is 1.38. The van der Waals surface area contributed by atoms with Crippen LogP contribution in [0.15, 0.2) is 78.9 Å². The van der Waals surface area contributed by atoms with E-state index in [9.17, 15) is 9.90 Å². The third-order valence-corrected chi connectivity index (χ3v) is 6.73. The fraction of sp³-hybridized carbons (Fsp3) is 0.296. The highest BCUT2D eigenvalue weighted by Gasteiger charge is 2.31. The number of aliphatic hydroxyl groups is 1. The second-order valence-corrected chi connectivity index (χ2v) is 8.64. The lowest BCUT2D eigenvalue weighted by Gasteiger charge is -2.34. The molecular formula is C27H28N2O2. The Morgan fingerprint density at radius 2 is 1.42 bits per heavy atom. The zero-order valence-corrected chi connectivity index (χ0v) is 17.6. The number of rotatable bonds is 5. The van der Waals surface area contributed by atoms with Crippen LogP contribution in [0.5, 0.6) is 0 Å². The molecule has 1 aliphatic heterocycles. The molecule has 2 N–H and O–H groups in total. The lowest BCUT2D eigenvalue weighted by molar-refractivity contribution is -0.123. The quantitative estimate of drug-likeness (QED) is 0.656. The minimum Gasteiger partial charge on any atom is -0.388 e. The van der Waals surface area contributed by atoms with Crippen LogP contribution in [-0.2, 0) is 4.79 Å². The summed E-state index contributed by atoms with van der Waals surface area (Å²) in [5.41, 5.74) is 5.74. The number of carbonyl (C=O) groups excluding carboxylic acids is 1. The van der Waals surface area contributed by atoms with Crippen molar-refractivity contribution in [1.29, 1.82) is 0 Å². The van der Waals surface area contributed by atoms with Gasteiger partial charge in [-0.25, -0.2) is 0 Å². The van der Waals surface area contributed by atoms with Crippen LogP contribution in [0.2, 0.25) is 0 Å². The fourth-order valence-corrected chi connectivity index (χ4v) is 5.07. The second-order valence-electron chi connectivity index (χ2n) is 8.64. The predicted octanol–water partition coefficient (Wildman–Crippen LogP) is 4.32. The molecular weight excluding hydrogens is 384 g/mol. The summed E-state index contributed by atoms with van der Waals surface area (Å²) < 4.78 is 0. The standard InChI is InChI=1S/C27H28N2O2/c30-25(18-29-16-14-20(15-17-29)27(31)19-8-2-1-3-9-19)28-26-23-12-6-4-10-21(23)22-11-5-7-13-24(22)26/h1-13,20,26-27,31H,14-18H2,(H,28,30)/t27-/m0/s1. The molecule has 1 saturated heterocycles. The number of benzene rings is 3. The van der Waals surface area contributed by atoms with Gasteiger partial charge in [0.15, 0.2) is 0 Å². The first-order chi connectivity index (χ1) is 15.2. The normalized spacial score (nSPS) is 17.7. The van der Waals surface area contributed by atoms with Gasteiger partial charge in [-0.1, -0.05) is 78.9 Å². The summed E-state index contributed by atoms with van der Waals surface area (Å²) in [4.78, 5) is 15.1. The van der Waals surface area contributed by atoms with E-state index >= 15 is 0 Å². The third kappa shape index (κ3) is 4.01. The van der Waals surface area contributed by atoms with Gasteiger partial charge in [-0.05, 0) is 59.7 Å². The Balaban J connectivity index is 1.20. The van der Waals surface area contributed by atoms with Crippen LogP contribution in [0.25, 0.3) is 11.1 Å². The predicted molar refractivity (Wildman–Crippen MR) is 122 cm³/mol. The van der Waals surface area contributed by atoms with Crippen molar-refractivity contribution in [3.63, 3.8) is 0 Å². The highest BCUT2D eigenvalue weighted by Crippen LogP contribution is 2.43. The summed E-state index contributed by atoms with van der Waals surface area (Å²) in [7, 11) is 0. The van der Waals surface area contributed by atoms with E-state index in [1.54, 1.807) is 0 Å². The average Bonchev–Trinajstić information content (AvgIpc) is 3.13. The van der Waals surface area contributed by atoms with E-state index in [0.29, 0.717) is 6.54 Å². The van der Waals surface area contributed by atoms with E-state index in [1.807, 2.05) is 54.6 Å². The largest absolute Gasteiger partial charge is 0.388 e. The van der Waals surface area contributed by atoms with Crippen molar-refractivity contribution < 1.29 is 9.90 Å². The molecule has 0 bridgehead atoms. The summed E-state index contributed by atoms with van der Waals surface area (Å²) in [6.45, 7) is 2.06. The van der Waals surface area contributed by atoms with Gasteiger partial charge in [0.05, 0.1) is 18.7 Å². The van der Waals surface area contributed by atoms with Gasteiger partial charge in [0.1, 0.15) is 0 Å². The van der Waals surface area contributed by atoms with E-state index in [4.69, 9.17) is 0 Å². The van der Waals surface area contributed by atoms with E-state index in [1.165, 1.54) is 22.3 Å². The maximum absolute atomic E-state index is 12.9. The van der Waals surface area contributed by atoms with Crippen LogP contribution in [0, 0.1) is 5.92 Å². The smallest absolute Gasteiger partial charge is 0.234 e. The van der Waals surface area contributed by atoms with E-state index in [2.05, 4.69) is 34.5 Å². The second kappa shape index (κ2) is 8.66. The van der Waals surface area contributed by atoms with Crippen LogP contribution >= 0.6 is 0 Å². The van der Waals surface area contributed by atoms with Crippen molar-refractivity contribution in [3.05, 3.63) is 95.6 Å². The molecule has 1 aliphatic carbocycles. The van der Waals surface area contributed by atoms with Crippen LogP contribution in [0.4, 0.5) is 0 Å². The Morgan fingerprint density at radius 1 is 0.871 bits per heavy atom. The van der Waals surface area contributed by atoms with E-state index in [0.717, 1.165) is 31.5 Å². The fourth-order valence-electron chi connectivity index (χ4n) is 5.07. The summed E-state index contributed by atoms with van der Waals surface area (Å²) in [6, 6.07) is 26.4. The number of piperidine rings is 1. The zero-order chi connectivity index (χ0) is 21.2. The monoisotopic (exact) mass is 412 g/mol. The molecule has 0 radical (unpaired) electrons. The van der Waals surface area contributed by atoms with Gasteiger partial charge >= 0.3 is 0 Å². The first-order valence-corrected chi connectivity index (χ1v) is 11.1. The molecule has 1 amide bonds. The SMILES string of the molecule is O=C(CN1CCC([C@@H](O)c2ccccc2)CC1)NC1c2ccccc2-c2ccccc21. The highest BCUT2D eigenvalue weighted by molar-refractivity contribution is 5.84. The molecule has 158 valence electrons. The van der Waals surface area contributed by atoms with Gasteiger partial charge in [0.25, 0.3) is 0 Å². The van der Waals surface area contributed by atoms with Gasteiger partial charge in [-0.3, -0.25) is 9.69 Å². The zero-order valence-electron chi connectivity index (χ0n) is 17.6. The molecule has 2 aliphatic rings. The number of nitrogens with one attached hydrogen (secondary N) is 1. The van der Waals surface area contributed by atoms with E-state index in [-0.39, 0.29) is 17.9 Å². The lowest BCUT2D eigenvalue weighted by Crippen LogP contribution is -2.43. The molecule has 3 aromatic carbocycles. The Hall–Kier alpha value is -2.95. The number of likely N-dealkylation sites (tertiary alicyclic amines) is 1. The van der Waals surface area contributed by atoms with Crippen molar-refractivity contribution in [3.8, 4) is 11.1 Å². The first-order valence-electron chi connectivity index (χ1n) is 11.1. The molecule has 1 atom stereocenters. The number of fused-ring (bicyclic) bond motifs is 3. The van der Waals surface area contributed by atoms with E-state index < -0.39 is 6.10 Å². The summed E-state index contributed by atoms with van der Waals surface area (Å²) in [5.74, 6) is 0.300. The summed E-state index contributed by atoms with van der Waals surface area (Å²) >= 11 is 0. The number of hydrogen-bond donors (Lipinski definition) is 2. The van der Waals surface area contributed by atoms with Crippen LogP contribution in [0.1, 0.15) is 41.7 Å². The molecule has 0 spiro atoms. The number of amides is 1. The Kier molecular flexibility index (Phi) is 5.58. The van der Waals surface area contributed by atoms with Gasteiger partial charge in [0.2, 0.25) is 5.91 Å². The number of carbonyl (C=O) groups is 1. The minimum atomic E-state index is -0.427. The Labute approximate surface area is 183 Å². The molecule has 31 heavy (non-hydrogen) atoms. The number of hydrogen-bond acceptors (Lipinski definition) is 3. The van der Waals surface area contributed by atoms with Gasteiger partial charge in [-0.2, -0.15) is 0 Å². The molecule has 3 aromatic rings. The topological polar surface area (TPSA) is 52.6 Å². The van der Waals surface area contributed by atoms with Crippen molar-refractivity contribution >= 4 is 5.91 Å². The van der Waals surface area contributed by atoms with Gasteiger partial charge in [0, 0.05) is 0 Å². The molecule has 0 unspecified atom stereocenters. The molecule has 0 aromatic heterocycles. The van der Waals surface area contributed by atoms with Crippen molar-refractivity contribution in [2.24, 2.45) is 5.92 Å². The molecule has 1 heterocycles. The maximum atomic E-state index is 12.9. The maximum Gasteiger partial charge on any atom is 0.234 e. The lowest BCUT2D eigenvalue weighted by atomic mass is 9.87. The van der Waals surface area contributed by atoms with Crippen LogP contribution < -0.4 is 5.32 Å². The number of aliphatic hydroxyl groups excluding tert-OH is 1. The molecule has 4 nitrogen and oxygen atoms in total. The van der Waals surface area contributed by atoms with Gasteiger partial charge in [-0.15, -0.1) is 0 Å². The van der Waals surface area contributed by atoms with Gasteiger partial charge < -0.3 is 10.4 Å². The highest BCUT2D eigenvalue weighted by atomic mass is 16.3. The van der Waals surface area contributed by atoms with Crippen molar-refractivity contribution in [2.75, 3.05) is 19.6 Å². The first kappa shape index (κ1) is 20.0. The Bertz CT molecular complexity index is 1010. The molecule has 0 saturated carbocycles. The Morgan fingerprint density at radius 3 is 2.03 bits per heavy atom. The molecule has 4 heteroatoms. The summed E-state index contributed by atoms with van der Waals surface area (Å²) in [5, 5.41) is 14.0. The molecule has 1 fully saturated rings. The average molecular weight is 413 g/mol.